The van der Waals surface area contributed by atoms with Gasteiger partial charge in [0.25, 0.3) is 6.29 Å². The summed E-state index contributed by atoms with van der Waals surface area (Å²) in [5, 5.41) is 9.97. The van der Waals surface area contributed by atoms with Crippen LogP contribution in [0.3, 0.4) is 0 Å². The molecule has 0 amide bonds. The molecule has 0 radical (unpaired) electrons. The number of phenolic OH excluding ortho intramolecular Hbond substituents is 1. The van der Waals surface area contributed by atoms with Crippen molar-refractivity contribution < 1.29 is 28.8 Å². The third-order valence-corrected chi connectivity index (χ3v) is 3.30. The molecule has 2 aromatic rings. The Morgan fingerprint density at radius 2 is 1.86 bits per heavy atom. The molecule has 6 heteroatoms. The summed E-state index contributed by atoms with van der Waals surface area (Å²) in [7, 11) is 2.85. The van der Waals surface area contributed by atoms with Gasteiger partial charge >= 0.3 is 5.97 Å². The van der Waals surface area contributed by atoms with Crippen molar-refractivity contribution >= 4 is 5.97 Å². The van der Waals surface area contributed by atoms with Gasteiger partial charge in [0.2, 0.25) is 5.75 Å². The van der Waals surface area contributed by atoms with Crippen molar-refractivity contribution in [3.8, 4) is 23.0 Å². The van der Waals surface area contributed by atoms with E-state index in [-0.39, 0.29) is 17.1 Å². The highest BCUT2D eigenvalue weighted by Crippen LogP contribution is 2.47. The van der Waals surface area contributed by atoms with E-state index < -0.39 is 12.3 Å². The molecule has 22 heavy (non-hydrogen) atoms. The van der Waals surface area contributed by atoms with E-state index in [9.17, 15) is 9.90 Å². The van der Waals surface area contributed by atoms with Gasteiger partial charge in [-0.1, -0.05) is 0 Å². The number of carbonyl (C=O) groups is 1. The zero-order valence-electron chi connectivity index (χ0n) is 12.0. The minimum absolute atomic E-state index is 0.172. The first-order valence-corrected chi connectivity index (χ1v) is 6.55. The molecule has 0 aliphatic carbocycles. The molecule has 1 aliphatic heterocycles. The van der Waals surface area contributed by atoms with E-state index in [4.69, 9.17) is 14.2 Å². The Morgan fingerprint density at radius 1 is 1.14 bits per heavy atom. The van der Waals surface area contributed by atoms with Gasteiger partial charge in [-0.25, -0.2) is 4.79 Å². The second-order valence-corrected chi connectivity index (χ2v) is 4.66. The standard InChI is InChI=1S/C16H14O6/c1-19-11-5-3-9(4-6-11)16-21-13-8-10(15(18)20-2)7-12(17)14(13)22-16/h3-8,16-17H,1-2H3. The predicted octanol–water partition coefficient (Wildman–Crippen LogP) is 2.66. The number of phenols is 1. The number of fused-ring (bicyclic) bond motifs is 1. The summed E-state index contributed by atoms with van der Waals surface area (Å²) in [5.74, 6) is 0.480. The number of hydrogen-bond donors (Lipinski definition) is 1. The molecule has 1 N–H and O–H groups in total. The molecular formula is C16H14O6. The normalized spacial score (nSPS) is 15.5. The highest BCUT2D eigenvalue weighted by molar-refractivity contribution is 5.91. The molecule has 0 saturated heterocycles. The van der Waals surface area contributed by atoms with Crippen LogP contribution in [0.15, 0.2) is 36.4 Å². The van der Waals surface area contributed by atoms with Crippen LogP contribution in [0.25, 0.3) is 0 Å². The largest absolute Gasteiger partial charge is 0.504 e. The lowest BCUT2D eigenvalue weighted by molar-refractivity contribution is 0.0472. The maximum atomic E-state index is 11.5. The summed E-state index contributed by atoms with van der Waals surface area (Å²) in [6, 6.07) is 9.92. The average Bonchev–Trinajstić information content (AvgIpc) is 2.99. The maximum Gasteiger partial charge on any atom is 0.338 e. The van der Waals surface area contributed by atoms with Crippen molar-refractivity contribution in [1.29, 1.82) is 0 Å². The Bertz CT molecular complexity index is 707. The summed E-state index contributed by atoms with van der Waals surface area (Å²) < 4.78 is 21.0. The van der Waals surface area contributed by atoms with Gasteiger partial charge < -0.3 is 24.1 Å². The van der Waals surface area contributed by atoms with Crippen molar-refractivity contribution in [3.05, 3.63) is 47.5 Å². The van der Waals surface area contributed by atoms with Crippen LogP contribution in [0.5, 0.6) is 23.0 Å². The third kappa shape index (κ3) is 2.39. The van der Waals surface area contributed by atoms with Gasteiger partial charge in [-0.05, 0) is 36.4 Å². The highest BCUT2D eigenvalue weighted by Gasteiger charge is 2.30. The van der Waals surface area contributed by atoms with Crippen molar-refractivity contribution in [3.63, 3.8) is 0 Å². The first-order valence-electron chi connectivity index (χ1n) is 6.55. The molecule has 0 aromatic heterocycles. The Balaban J connectivity index is 1.88. The second-order valence-electron chi connectivity index (χ2n) is 4.66. The second kappa shape index (κ2) is 5.48. The van der Waals surface area contributed by atoms with Crippen LogP contribution < -0.4 is 14.2 Å². The fourth-order valence-electron chi connectivity index (χ4n) is 2.17. The number of rotatable bonds is 3. The maximum absolute atomic E-state index is 11.5. The lowest BCUT2D eigenvalue weighted by Gasteiger charge is -2.10. The van der Waals surface area contributed by atoms with Gasteiger partial charge in [0.05, 0.1) is 19.8 Å². The molecule has 1 aliphatic rings. The van der Waals surface area contributed by atoms with Gasteiger partial charge in [0.1, 0.15) is 5.75 Å². The van der Waals surface area contributed by atoms with Crippen LogP contribution in [0.4, 0.5) is 0 Å². The van der Waals surface area contributed by atoms with Crippen molar-refractivity contribution in [2.45, 2.75) is 6.29 Å². The third-order valence-electron chi connectivity index (χ3n) is 3.30. The molecule has 114 valence electrons. The zero-order valence-corrected chi connectivity index (χ0v) is 12.0. The lowest BCUT2D eigenvalue weighted by Crippen LogP contribution is -2.07. The van der Waals surface area contributed by atoms with E-state index in [1.54, 1.807) is 31.4 Å². The molecule has 0 bridgehead atoms. The van der Waals surface area contributed by atoms with Crippen molar-refractivity contribution in [2.75, 3.05) is 14.2 Å². The van der Waals surface area contributed by atoms with Gasteiger partial charge in [-0.2, -0.15) is 0 Å². The van der Waals surface area contributed by atoms with Crippen molar-refractivity contribution in [1.82, 2.24) is 0 Å². The van der Waals surface area contributed by atoms with Crippen LogP contribution in [0, 0.1) is 0 Å². The molecule has 3 rings (SSSR count). The van der Waals surface area contributed by atoms with Gasteiger partial charge in [-0.3, -0.25) is 0 Å². The first kappa shape index (κ1) is 14.1. The van der Waals surface area contributed by atoms with Crippen LogP contribution >= 0.6 is 0 Å². The fraction of sp³-hybridized carbons (Fsp3) is 0.188. The molecule has 1 unspecified atom stereocenters. The highest BCUT2D eigenvalue weighted by atomic mass is 16.7. The predicted molar refractivity (Wildman–Crippen MR) is 76.4 cm³/mol. The number of ether oxygens (including phenoxy) is 4. The van der Waals surface area contributed by atoms with Crippen LogP contribution in [-0.2, 0) is 4.74 Å². The molecule has 1 heterocycles. The SMILES string of the molecule is COC(=O)c1cc(O)c2c(c1)OC(c1ccc(OC)cc1)O2. The topological polar surface area (TPSA) is 74.2 Å². The summed E-state index contributed by atoms with van der Waals surface area (Å²) >= 11 is 0. The van der Waals surface area contributed by atoms with Crippen LogP contribution in [0.1, 0.15) is 22.2 Å². The Morgan fingerprint density at radius 3 is 2.50 bits per heavy atom. The smallest absolute Gasteiger partial charge is 0.338 e. The Kier molecular flexibility index (Phi) is 3.50. The van der Waals surface area contributed by atoms with E-state index in [1.807, 2.05) is 0 Å². The molecule has 6 nitrogen and oxygen atoms in total. The minimum Gasteiger partial charge on any atom is -0.504 e. The van der Waals surface area contributed by atoms with E-state index >= 15 is 0 Å². The number of esters is 1. The van der Waals surface area contributed by atoms with Gasteiger partial charge in [-0.15, -0.1) is 0 Å². The molecule has 0 saturated carbocycles. The van der Waals surface area contributed by atoms with Crippen LogP contribution in [0.2, 0.25) is 0 Å². The molecular weight excluding hydrogens is 288 g/mol. The quantitative estimate of drug-likeness (QED) is 0.879. The molecule has 0 fully saturated rings. The summed E-state index contributed by atoms with van der Waals surface area (Å²) in [5.41, 5.74) is 0.953. The number of benzene rings is 2. The van der Waals surface area contributed by atoms with E-state index in [0.29, 0.717) is 5.75 Å². The number of methoxy groups -OCH3 is 2. The zero-order chi connectivity index (χ0) is 15.7. The Hall–Kier alpha value is -2.89. The summed E-state index contributed by atoms with van der Waals surface area (Å²) in [6.07, 6.45) is -0.695. The fourth-order valence-corrected chi connectivity index (χ4v) is 2.17. The molecule has 2 aromatic carbocycles. The number of aromatic hydroxyl groups is 1. The number of hydrogen-bond acceptors (Lipinski definition) is 6. The van der Waals surface area contributed by atoms with E-state index in [2.05, 4.69) is 4.74 Å². The van der Waals surface area contributed by atoms with Gasteiger partial charge in [0, 0.05) is 5.56 Å². The first-order chi connectivity index (χ1) is 10.6. The number of carbonyl (C=O) groups excluding carboxylic acids is 1. The lowest BCUT2D eigenvalue weighted by atomic mass is 10.2. The average molecular weight is 302 g/mol. The molecule has 0 spiro atoms. The van der Waals surface area contributed by atoms with Crippen LogP contribution in [-0.4, -0.2) is 25.3 Å². The summed E-state index contributed by atoms with van der Waals surface area (Å²) in [4.78, 5) is 11.5. The monoisotopic (exact) mass is 302 g/mol. The molecule has 1 atom stereocenters. The minimum atomic E-state index is -0.695. The van der Waals surface area contributed by atoms with E-state index in [0.717, 1.165) is 11.3 Å². The van der Waals surface area contributed by atoms with E-state index in [1.165, 1.54) is 19.2 Å². The summed E-state index contributed by atoms with van der Waals surface area (Å²) in [6.45, 7) is 0. The van der Waals surface area contributed by atoms with Crippen molar-refractivity contribution in [2.24, 2.45) is 0 Å². The van der Waals surface area contributed by atoms with Gasteiger partial charge in [0.15, 0.2) is 11.5 Å². The Labute approximate surface area is 126 Å².